The Morgan fingerprint density at radius 3 is 1.36 bits per heavy atom. The molecule has 5 nitrogen and oxygen atoms in total. The Morgan fingerprint density at radius 2 is 1.27 bits per heavy atom. The van der Waals surface area contributed by atoms with Gasteiger partial charge in [0.05, 0.1) is 0 Å². The lowest BCUT2D eigenvalue weighted by molar-refractivity contribution is 0.381. The van der Waals surface area contributed by atoms with E-state index in [1.54, 1.807) is 0 Å². The van der Waals surface area contributed by atoms with Crippen LogP contribution in [0, 0.1) is 0 Å². The molecular formula is C5H15N2O3P. The first-order valence-corrected chi connectivity index (χ1v) is 5.50. The van der Waals surface area contributed by atoms with Crippen molar-refractivity contribution in [2.75, 3.05) is 32.8 Å². The second-order valence-corrected chi connectivity index (χ2v) is 4.01. The molecule has 68 valence electrons. The average molecular weight is 182 g/mol. The molecule has 6 heteroatoms. The number of piperazine rings is 1. The largest absolute Gasteiger partial charge is 0.325 e. The first-order valence-electron chi connectivity index (χ1n) is 3.44. The summed E-state index contributed by atoms with van der Waals surface area (Å²) >= 11 is 0. The van der Waals surface area contributed by atoms with Gasteiger partial charge in [-0.05, 0) is 0 Å². The Balaban J connectivity index is 0.000000187. The third kappa shape index (κ3) is 17.8. The van der Waals surface area contributed by atoms with Gasteiger partial charge in [-0.2, -0.15) is 0 Å². The predicted molar refractivity (Wildman–Crippen MR) is 43.7 cm³/mol. The fraction of sp³-hybridized carbons (Fsp3) is 1.00. The van der Waals surface area contributed by atoms with E-state index >= 15 is 0 Å². The van der Waals surface area contributed by atoms with Gasteiger partial charge in [-0.25, -0.2) is 0 Å². The minimum Gasteiger partial charge on any atom is -0.325 e. The molecule has 0 aromatic rings. The molecule has 1 aliphatic heterocycles. The van der Waals surface area contributed by atoms with Gasteiger partial charge in [0, 0.05) is 32.8 Å². The summed E-state index contributed by atoms with van der Waals surface area (Å²) in [4.78, 5) is 15.3. The lowest BCUT2D eigenvalue weighted by atomic mass is 10.4. The van der Waals surface area contributed by atoms with Crippen LogP contribution in [-0.4, -0.2) is 42.6 Å². The predicted octanol–water partition coefficient (Wildman–Crippen LogP) is -1.03. The SMILES string of the molecule is C1CNCCN1.CP(=O)(O)O. The van der Waals surface area contributed by atoms with E-state index in [2.05, 4.69) is 10.6 Å². The summed E-state index contributed by atoms with van der Waals surface area (Å²) in [6.45, 7) is 5.41. The minimum absolute atomic E-state index is 0.854. The number of hydrogen-bond acceptors (Lipinski definition) is 3. The molecule has 4 N–H and O–H groups in total. The molecule has 0 aliphatic carbocycles. The maximum atomic E-state index is 9.33. The molecule has 1 aliphatic rings. The van der Waals surface area contributed by atoms with Crippen molar-refractivity contribution in [1.29, 1.82) is 0 Å². The van der Waals surface area contributed by atoms with Crippen LogP contribution in [-0.2, 0) is 4.57 Å². The molecule has 0 radical (unpaired) electrons. The molecule has 1 fully saturated rings. The highest BCUT2D eigenvalue weighted by molar-refractivity contribution is 7.50. The quantitative estimate of drug-likeness (QED) is 0.360. The van der Waals surface area contributed by atoms with Crippen molar-refractivity contribution in [2.24, 2.45) is 0 Å². The molecule has 0 amide bonds. The van der Waals surface area contributed by atoms with E-state index < -0.39 is 7.60 Å². The third-order valence-corrected chi connectivity index (χ3v) is 0.957. The van der Waals surface area contributed by atoms with Crippen molar-refractivity contribution in [3.05, 3.63) is 0 Å². The molecule has 1 rings (SSSR count). The van der Waals surface area contributed by atoms with E-state index in [1.165, 1.54) is 0 Å². The Kier molecular flexibility index (Phi) is 5.72. The van der Waals surface area contributed by atoms with E-state index in [1.807, 2.05) is 0 Å². The van der Waals surface area contributed by atoms with Crippen molar-refractivity contribution in [2.45, 2.75) is 0 Å². The van der Waals surface area contributed by atoms with Crippen molar-refractivity contribution < 1.29 is 14.4 Å². The van der Waals surface area contributed by atoms with Crippen molar-refractivity contribution in [1.82, 2.24) is 10.6 Å². The number of hydrogen-bond donors (Lipinski definition) is 4. The van der Waals surface area contributed by atoms with Crippen LogP contribution < -0.4 is 10.6 Å². The van der Waals surface area contributed by atoms with Crippen LogP contribution in [0.1, 0.15) is 0 Å². The summed E-state index contributed by atoms with van der Waals surface area (Å²) < 4.78 is 9.33. The Bertz CT molecular complexity index is 112. The molecule has 0 atom stereocenters. The van der Waals surface area contributed by atoms with Gasteiger partial charge in [0.15, 0.2) is 0 Å². The zero-order valence-corrected chi connectivity index (χ0v) is 7.47. The fourth-order valence-electron chi connectivity index (χ4n) is 0.604. The summed E-state index contributed by atoms with van der Waals surface area (Å²) in [5.74, 6) is 0. The van der Waals surface area contributed by atoms with Crippen molar-refractivity contribution in [3.63, 3.8) is 0 Å². The lowest BCUT2D eigenvalue weighted by Crippen LogP contribution is -2.39. The monoisotopic (exact) mass is 182 g/mol. The van der Waals surface area contributed by atoms with Gasteiger partial charge in [0.1, 0.15) is 0 Å². The van der Waals surface area contributed by atoms with Gasteiger partial charge in [-0.1, -0.05) is 0 Å². The topological polar surface area (TPSA) is 81.6 Å². The molecule has 11 heavy (non-hydrogen) atoms. The third-order valence-electron chi connectivity index (χ3n) is 0.957. The van der Waals surface area contributed by atoms with E-state index in [0.717, 1.165) is 32.8 Å². The standard InChI is InChI=1S/C4H10N2.CH5O3P/c1-2-6-4-3-5-1;1-5(2,3)4/h5-6H,1-4H2;1H3,(H2,2,3,4). The van der Waals surface area contributed by atoms with Gasteiger partial charge < -0.3 is 20.4 Å². The molecule has 0 aromatic carbocycles. The summed E-state index contributed by atoms with van der Waals surface area (Å²) in [5, 5.41) is 6.44. The minimum atomic E-state index is -3.64. The Hall–Kier alpha value is 0.0700. The van der Waals surface area contributed by atoms with Gasteiger partial charge in [-0.3, -0.25) is 4.57 Å². The molecule has 0 unspecified atom stereocenters. The highest BCUT2D eigenvalue weighted by Gasteiger charge is 1.95. The molecule has 1 saturated heterocycles. The Labute approximate surface area is 66.4 Å². The van der Waals surface area contributed by atoms with Crippen molar-refractivity contribution >= 4 is 7.60 Å². The summed E-state index contributed by atoms with van der Waals surface area (Å²) in [6.07, 6.45) is 0. The smallest absolute Gasteiger partial charge is 0.322 e. The van der Waals surface area contributed by atoms with Crippen LogP contribution in [0.3, 0.4) is 0 Å². The molecule has 0 spiro atoms. The number of rotatable bonds is 0. The Morgan fingerprint density at radius 1 is 1.09 bits per heavy atom. The van der Waals surface area contributed by atoms with E-state index in [0.29, 0.717) is 0 Å². The van der Waals surface area contributed by atoms with Crippen LogP contribution in [0.5, 0.6) is 0 Å². The van der Waals surface area contributed by atoms with Crippen LogP contribution in [0.25, 0.3) is 0 Å². The lowest BCUT2D eigenvalue weighted by Gasteiger charge is -2.11. The maximum Gasteiger partial charge on any atom is 0.322 e. The zero-order chi connectivity index (χ0) is 8.74. The highest BCUT2D eigenvalue weighted by atomic mass is 31.2. The maximum absolute atomic E-state index is 9.33. The second-order valence-electron chi connectivity index (χ2n) is 2.34. The summed E-state index contributed by atoms with van der Waals surface area (Å²) in [6, 6.07) is 0. The van der Waals surface area contributed by atoms with E-state index in [-0.39, 0.29) is 0 Å². The summed E-state index contributed by atoms with van der Waals surface area (Å²) in [5.41, 5.74) is 0. The number of nitrogens with one attached hydrogen (secondary N) is 2. The normalized spacial score (nSPS) is 18.5. The first-order chi connectivity index (χ1) is 5.00. The van der Waals surface area contributed by atoms with Crippen LogP contribution in [0.15, 0.2) is 0 Å². The highest BCUT2D eigenvalue weighted by Crippen LogP contribution is 2.26. The van der Waals surface area contributed by atoms with Crippen LogP contribution in [0.2, 0.25) is 0 Å². The molecule has 1 heterocycles. The second kappa shape index (κ2) is 5.69. The molecule has 0 saturated carbocycles. The van der Waals surface area contributed by atoms with Gasteiger partial charge in [0.2, 0.25) is 0 Å². The summed E-state index contributed by atoms with van der Waals surface area (Å²) in [7, 11) is -3.64. The first kappa shape index (κ1) is 11.1. The van der Waals surface area contributed by atoms with Gasteiger partial charge in [-0.15, -0.1) is 0 Å². The van der Waals surface area contributed by atoms with Crippen LogP contribution >= 0.6 is 7.60 Å². The van der Waals surface area contributed by atoms with Crippen molar-refractivity contribution in [3.8, 4) is 0 Å². The van der Waals surface area contributed by atoms with Gasteiger partial charge >= 0.3 is 7.60 Å². The van der Waals surface area contributed by atoms with Crippen LogP contribution in [0.4, 0.5) is 0 Å². The molecule has 0 aromatic heterocycles. The zero-order valence-electron chi connectivity index (χ0n) is 6.58. The van der Waals surface area contributed by atoms with E-state index in [4.69, 9.17) is 9.79 Å². The van der Waals surface area contributed by atoms with E-state index in [9.17, 15) is 4.57 Å². The van der Waals surface area contributed by atoms with Gasteiger partial charge in [0.25, 0.3) is 0 Å². The molecule has 0 bridgehead atoms. The molecular weight excluding hydrogens is 167 g/mol. The fourth-order valence-corrected chi connectivity index (χ4v) is 0.604. The average Bonchev–Trinajstić information content (AvgIpc) is 1.88.